The van der Waals surface area contributed by atoms with Gasteiger partial charge in [-0.25, -0.2) is 0 Å². The SMILES string of the molecule is CCCN1CCCC(N)C1c1cccc(C2CC2)c1. The monoisotopic (exact) mass is 258 g/mol. The molecule has 2 unspecified atom stereocenters. The van der Waals surface area contributed by atoms with Crippen molar-refractivity contribution in [1.82, 2.24) is 4.90 Å². The molecule has 0 bridgehead atoms. The summed E-state index contributed by atoms with van der Waals surface area (Å²) in [5.74, 6) is 0.833. The Bertz CT molecular complexity index is 423. The van der Waals surface area contributed by atoms with Crippen molar-refractivity contribution in [3.8, 4) is 0 Å². The molecule has 1 saturated carbocycles. The maximum absolute atomic E-state index is 6.43. The fourth-order valence-corrected chi connectivity index (χ4v) is 3.51. The Labute approximate surface area is 117 Å². The second kappa shape index (κ2) is 5.64. The Kier molecular flexibility index (Phi) is 3.90. The van der Waals surface area contributed by atoms with Gasteiger partial charge in [0.2, 0.25) is 0 Å². The standard InChI is InChI=1S/C17H26N2/c1-2-10-19-11-4-7-16(18)17(19)15-6-3-5-14(12-15)13-8-9-13/h3,5-6,12-13,16-17H,2,4,7-11,18H2,1H3. The van der Waals surface area contributed by atoms with Crippen LogP contribution in [-0.4, -0.2) is 24.0 Å². The maximum atomic E-state index is 6.43. The van der Waals surface area contributed by atoms with Gasteiger partial charge in [0.25, 0.3) is 0 Å². The molecule has 104 valence electrons. The van der Waals surface area contributed by atoms with E-state index in [1.54, 1.807) is 0 Å². The molecule has 1 aromatic rings. The normalized spacial score (nSPS) is 28.5. The fraction of sp³-hybridized carbons (Fsp3) is 0.647. The van der Waals surface area contributed by atoms with Crippen molar-refractivity contribution in [2.24, 2.45) is 5.73 Å². The Morgan fingerprint density at radius 2 is 2.00 bits per heavy atom. The lowest BCUT2D eigenvalue weighted by molar-refractivity contribution is 0.128. The quantitative estimate of drug-likeness (QED) is 0.896. The van der Waals surface area contributed by atoms with Crippen LogP contribution < -0.4 is 5.73 Å². The minimum atomic E-state index is 0.301. The van der Waals surface area contributed by atoms with Crippen LogP contribution in [0.25, 0.3) is 0 Å². The number of likely N-dealkylation sites (tertiary alicyclic amines) is 1. The maximum Gasteiger partial charge on any atom is 0.0499 e. The Morgan fingerprint density at radius 1 is 1.21 bits per heavy atom. The highest BCUT2D eigenvalue weighted by Gasteiger charge is 2.31. The predicted octanol–water partition coefficient (Wildman–Crippen LogP) is 3.44. The minimum absolute atomic E-state index is 0.301. The van der Waals surface area contributed by atoms with Gasteiger partial charge < -0.3 is 5.73 Å². The van der Waals surface area contributed by atoms with E-state index in [-0.39, 0.29) is 0 Å². The molecule has 1 aliphatic heterocycles. The van der Waals surface area contributed by atoms with Gasteiger partial charge in [0.05, 0.1) is 0 Å². The van der Waals surface area contributed by atoms with Gasteiger partial charge in [-0.15, -0.1) is 0 Å². The Hall–Kier alpha value is -0.860. The average molecular weight is 258 g/mol. The van der Waals surface area contributed by atoms with Crippen LogP contribution in [0, 0.1) is 0 Å². The molecule has 2 atom stereocenters. The van der Waals surface area contributed by atoms with E-state index in [0.29, 0.717) is 12.1 Å². The Balaban J connectivity index is 1.85. The molecule has 2 N–H and O–H groups in total. The van der Waals surface area contributed by atoms with Crippen molar-refractivity contribution in [1.29, 1.82) is 0 Å². The molecule has 19 heavy (non-hydrogen) atoms. The second-order valence-electron chi connectivity index (χ2n) is 6.23. The Morgan fingerprint density at radius 3 is 2.74 bits per heavy atom. The first-order chi connectivity index (χ1) is 9.29. The number of hydrogen-bond donors (Lipinski definition) is 1. The van der Waals surface area contributed by atoms with Crippen LogP contribution in [0.1, 0.15) is 62.1 Å². The zero-order valence-electron chi connectivity index (χ0n) is 12.0. The number of hydrogen-bond acceptors (Lipinski definition) is 2. The van der Waals surface area contributed by atoms with Crippen molar-refractivity contribution in [2.45, 2.75) is 57.0 Å². The molecular formula is C17H26N2. The number of benzene rings is 1. The highest BCUT2D eigenvalue weighted by molar-refractivity contribution is 5.32. The third-order valence-electron chi connectivity index (χ3n) is 4.59. The largest absolute Gasteiger partial charge is 0.326 e. The summed E-state index contributed by atoms with van der Waals surface area (Å²) >= 11 is 0. The highest BCUT2D eigenvalue weighted by Crippen LogP contribution is 2.41. The van der Waals surface area contributed by atoms with E-state index in [4.69, 9.17) is 5.73 Å². The molecule has 0 spiro atoms. The molecule has 2 fully saturated rings. The van der Waals surface area contributed by atoms with Gasteiger partial charge in [-0.2, -0.15) is 0 Å². The molecular weight excluding hydrogens is 232 g/mol. The molecule has 2 heteroatoms. The second-order valence-corrected chi connectivity index (χ2v) is 6.23. The summed E-state index contributed by atoms with van der Waals surface area (Å²) in [6, 6.07) is 9.97. The molecule has 3 rings (SSSR count). The average Bonchev–Trinajstić information content (AvgIpc) is 3.24. The van der Waals surface area contributed by atoms with Crippen molar-refractivity contribution in [2.75, 3.05) is 13.1 Å². The van der Waals surface area contributed by atoms with E-state index in [2.05, 4.69) is 36.1 Å². The molecule has 2 aliphatic rings. The number of nitrogens with two attached hydrogens (primary N) is 1. The van der Waals surface area contributed by atoms with E-state index >= 15 is 0 Å². The molecule has 1 heterocycles. The molecule has 1 aliphatic carbocycles. The van der Waals surface area contributed by atoms with Crippen molar-refractivity contribution in [3.63, 3.8) is 0 Å². The molecule has 0 radical (unpaired) electrons. The van der Waals surface area contributed by atoms with E-state index in [1.165, 1.54) is 56.3 Å². The van der Waals surface area contributed by atoms with Gasteiger partial charge in [-0.05, 0) is 62.2 Å². The van der Waals surface area contributed by atoms with Gasteiger partial charge in [0, 0.05) is 12.1 Å². The number of nitrogens with zero attached hydrogens (tertiary/aromatic N) is 1. The third-order valence-corrected chi connectivity index (χ3v) is 4.59. The lowest BCUT2D eigenvalue weighted by atomic mass is 9.89. The topological polar surface area (TPSA) is 29.3 Å². The zero-order chi connectivity index (χ0) is 13.2. The summed E-state index contributed by atoms with van der Waals surface area (Å²) in [5, 5.41) is 0. The van der Waals surface area contributed by atoms with E-state index in [0.717, 1.165) is 5.92 Å². The summed E-state index contributed by atoms with van der Waals surface area (Å²) < 4.78 is 0. The summed E-state index contributed by atoms with van der Waals surface area (Å²) in [6.07, 6.45) is 6.38. The summed E-state index contributed by atoms with van der Waals surface area (Å²) in [6.45, 7) is 4.64. The van der Waals surface area contributed by atoms with Crippen LogP contribution in [0.5, 0.6) is 0 Å². The van der Waals surface area contributed by atoms with E-state index in [9.17, 15) is 0 Å². The van der Waals surface area contributed by atoms with Gasteiger partial charge >= 0.3 is 0 Å². The van der Waals surface area contributed by atoms with Crippen molar-refractivity contribution < 1.29 is 0 Å². The third kappa shape index (κ3) is 2.85. The molecule has 0 aromatic heterocycles. The first-order valence-electron chi connectivity index (χ1n) is 7.89. The summed E-state index contributed by atoms with van der Waals surface area (Å²) in [5.41, 5.74) is 9.41. The van der Waals surface area contributed by atoms with Gasteiger partial charge in [0.15, 0.2) is 0 Å². The van der Waals surface area contributed by atoms with Crippen LogP contribution in [0.4, 0.5) is 0 Å². The molecule has 0 amide bonds. The highest BCUT2D eigenvalue weighted by atomic mass is 15.2. The van der Waals surface area contributed by atoms with E-state index in [1.807, 2.05) is 0 Å². The summed E-state index contributed by atoms with van der Waals surface area (Å²) in [4.78, 5) is 2.60. The van der Waals surface area contributed by atoms with Gasteiger partial charge in [0.1, 0.15) is 0 Å². The fourth-order valence-electron chi connectivity index (χ4n) is 3.51. The number of piperidine rings is 1. The van der Waals surface area contributed by atoms with Crippen LogP contribution in [-0.2, 0) is 0 Å². The van der Waals surface area contributed by atoms with Crippen LogP contribution >= 0.6 is 0 Å². The van der Waals surface area contributed by atoms with Gasteiger partial charge in [-0.1, -0.05) is 31.2 Å². The van der Waals surface area contributed by atoms with Crippen LogP contribution in [0.3, 0.4) is 0 Å². The molecule has 1 saturated heterocycles. The predicted molar refractivity (Wildman–Crippen MR) is 80.2 cm³/mol. The van der Waals surface area contributed by atoms with E-state index < -0.39 is 0 Å². The van der Waals surface area contributed by atoms with Crippen molar-refractivity contribution in [3.05, 3.63) is 35.4 Å². The minimum Gasteiger partial charge on any atom is -0.326 e. The van der Waals surface area contributed by atoms with Crippen LogP contribution in [0.15, 0.2) is 24.3 Å². The lowest BCUT2D eigenvalue weighted by Gasteiger charge is -2.40. The first kappa shape index (κ1) is 13.1. The van der Waals surface area contributed by atoms with Crippen molar-refractivity contribution >= 4 is 0 Å². The van der Waals surface area contributed by atoms with Crippen LogP contribution in [0.2, 0.25) is 0 Å². The number of rotatable bonds is 4. The first-order valence-corrected chi connectivity index (χ1v) is 7.89. The lowest BCUT2D eigenvalue weighted by Crippen LogP contribution is -2.46. The zero-order valence-corrected chi connectivity index (χ0v) is 12.0. The summed E-state index contributed by atoms with van der Waals surface area (Å²) in [7, 11) is 0. The smallest absolute Gasteiger partial charge is 0.0499 e. The molecule has 1 aromatic carbocycles. The molecule has 2 nitrogen and oxygen atoms in total. The van der Waals surface area contributed by atoms with Gasteiger partial charge in [-0.3, -0.25) is 4.90 Å².